The number of ketones is 2. The molecule has 0 aromatic rings. The minimum Gasteiger partial charge on any atom is -0.331 e. The average molecular weight is 323 g/mol. The summed E-state index contributed by atoms with van der Waals surface area (Å²) in [5.74, 6) is -1.77. The summed E-state index contributed by atoms with van der Waals surface area (Å²) in [5, 5.41) is 0. The van der Waals surface area contributed by atoms with Crippen molar-refractivity contribution in [1.29, 1.82) is 0 Å². The number of carbonyl (C=O) groups is 3. The second-order valence-corrected chi connectivity index (χ2v) is 7.14. The number of Topliss-reactive ketones (excluding diaryl/α,β-unsaturated/α-hetero) is 2. The summed E-state index contributed by atoms with van der Waals surface area (Å²) >= 11 is 0. The van der Waals surface area contributed by atoms with Gasteiger partial charge in [-0.05, 0) is 19.3 Å². The topological polar surface area (TPSA) is 54.5 Å². The van der Waals surface area contributed by atoms with Crippen molar-refractivity contribution in [2.75, 3.05) is 6.54 Å². The van der Waals surface area contributed by atoms with Crippen molar-refractivity contribution in [2.45, 2.75) is 85.1 Å². The summed E-state index contributed by atoms with van der Waals surface area (Å²) in [6.07, 6.45) is 9.60. The van der Waals surface area contributed by atoms with Crippen molar-refractivity contribution in [3.8, 4) is 0 Å². The van der Waals surface area contributed by atoms with Gasteiger partial charge in [-0.25, -0.2) is 0 Å². The Labute approximate surface area is 141 Å². The smallest absolute Gasteiger partial charge is 0.241 e. The summed E-state index contributed by atoms with van der Waals surface area (Å²) in [6, 6.07) is -0.416. The summed E-state index contributed by atoms with van der Waals surface area (Å²) in [7, 11) is 0. The Bertz CT molecular complexity index is 417. The van der Waals surface area contributed by atoms with Gasteiger partial charge in [-0.1, -0.05) is 65.7 Å². The van der Waals surface area contributed by atoms with Gasteiger partial charge in [-0.15, -0.1) is 0 Å². The third kappa shape index (κ3) is 5.43. The molecule has 0 aliphatic carbocycles. The molecule has 1 aliphatic heterocycles. The van der Waals surface area contributed by atoms with Gasteiger partial charge in [0.25, 0.3) is 0 Å². The molecule has 0 saturated carbocycles. The van der Waals surface area contributed by atoms with Gasteiger partial charge in [0.1, 0.15) is 5.78 Å². The molecule has 0 N–H and O–H groups in total. The minimum atomic E-state index is -1.04. The van der Waals surface area contributed by atoms with Crippen LogP contribution in [0.25, 0.3) is 0 Å². The van der Waals surface area contributed by atoms with E-state index in [9.17, 15) is 14.4 Å². The van der Waals surface area contributed by atoms with Crippen LogP contribution in [-0.4, -0.2) is 35.0 Å². The molecule has 0 aromatic carbocycles. The van der Waals surface area contributed by atoms with Crippen LogP contribution in [0.5, 0.6) is 0 Å². The van der Waals surface area contributed by atoms with Crippen LogP contribution in [0, 0.1) is 11.8 Å². The van der Waals surface area contributed by atoms with Crippen molar-refractivity contribution in [3.63, 3.8) is 0 Å². The zero-order valence-corrected chi connectivity index (χ0v) is 15.3. The maximum Gasteiger partial charge on any atom is 0.241 e. The van der Waals surface area contributed by atoms with Gasteiger partial charge in [0.05, 0.1) is 6.04 Å². The predicted molar refractivity (Wildman–Crippen MR) is 92.1 cm³/mol. The molecular formula is C19H33NO3. The third-order valence-electron chi connectivity index (χ3n) is 4.73. The molecule has 0 spiro atoms. The van der Waals surface area contributed by atoms with E-state index in [-0.39, 0.29) is 23.4 Å². The fourth-order valence-corrected chi connectivity index (χ4v) is 3.48. The zero-order valence-electron chi connectivity index (χ0n) is 15.3. The van der Waals surface area contributed by atoms with E-state index in [1.165, 1.54) is 45.4 Å². The Morgan fingerprint density at radius 2 is 1.52 bits per heavy atom. The Morgan fingerprint density at radius 1 is 1.00 bits per heavy atom. The SMILES string of the molecule is CCCCCCCCCCN1C(=O)C(C(C)=O)C(=O)[C@@H]1C(C)C. The average Bonchev–Trinajstić information content (AvgIpc) is 2.72. The Hall–Kier alpha value is -1.19. The van der Waals surface area contributed by atoms with Crippen LogP contribution in [0.2, 0.25) is 0 Å². The number of amides is 1. The fraction of sp³-hybridized carbons (Fsp3) is 0.842. The maximum atomic E-state index is 12.4. The van der Waals surface area contributed by atoms with Crippen molar-refractivity contribution in [1.82, 2.24) is 4.90 Å². The third-order valence-corrected chi connectivity index (χ3v) is 4.73. The number of nitrogens with zero attached hydrogens (tertiary/aromatic N) is 1. The van der Waals surface area contributed by atoms with E-state index in [0.717, 1.165) is 12.8 Å². The summed E-state index contributed by atoms with van der Waals surface area (Å²) in [4.78, 5) is 38.0. The fourth-order valence-electron chi connectivity index (χ4n) is 3.48. The molecule has 2 atom stereocenters. The Balaban J connectivity index is 2.43. The highest BCUT2D eigenvalue weighted by Crippen LogP contribution is 2.27. The van der Waals surface area contributed by atoms with Gasteiger partial charge in [0.15, 0.2) is 11.7 Å². The van der Waals surface area contributed by atoms with Gasteiger partial charge >= 0.3 is 0 Å². The molecule has 1 saturated heterocycles. The number of unbranched alkanes of at least 4 members (excludes halogenated alkanes) is 7. The summed E-state index contributed by atoms with van der Waals surface area (Å²) in [6.45, 7) is 8.05. The number of hydrogen-bond acceptors (Lipinski definition) is 3. The van der Waals surface area contributed by atoms with Crippen LogP contribution in [0.3, 0.4) is 0 Å². The van der Waals surface area contributed by atoms with E-state index in [1.807, 2.05) is 13.8 Å². The lowest BCUT2D eigenvalue weighted by Gasteiger charge is -2.26. The van der Waals surface area contributed by atoms with Crippen LogP contribution in [0.15, 0.2) is 0 Å². The largest absolute Gasteiger partial charge is 0.331 e. The Morgan fingerprint density at radius 3 is 2.00 bits per heavy atom. The van der Waals surface area contributed by atoms with E-state index in [2.05, 4.69) is 6.92 Å². The molecule has 1 aliphatic rings. The second kappa shape index (κ2) is 9.84. The van der Waals surface area contributed by atoms with Gasteiger partial charge in [-0.3, -0.25) is 14.4 Å². The summed E-state index contributed by atoms with van der Waals surface area (Å²) < 4.78 is 0. The van der Waals surface area contributed by atoms with E-state index < -0.39 is 12.0 Å². The lowest BCUT2D eigenvalue weighted by atomic mass is 9.94. The Kier molecular flexibility index (Phi) is 8.49. The highest BCUT2D eigenvalue weighted by molar-refractivity contribution is 6.23. The first-order valence-electron chi connectivity index (χ1n) is 9.26. The van der Waals surface area contributed by atoms with Crippen LogP contribution in [0.1, 0.15) is 79.1 Å². The predicted octanol–water partition coefficient (Wildman–Crippen LogP) is 3.77. The van der Waals surface area contributed by atoms with E-state index >= 15 is 0 Å². The molecule has 1 rings (SSSR count). The number of hydrogen-bond donors (Lipinski definition) is 0. The van der Waals surface area contributed by atoms with Gasteiger partial charge in [0, 0.05) is 6.54 Å². The number of carbonyl (C=O) groups excluding carboxylic acids is 3. The first-order chi connectivity index (χ1) is 10.9. The van der Waals surface area contributed by atoms with Gasteiger partial charge in [0.2, 0.25) is 5.91 Å². The molecule has 1 unspecified atom stereocenters. The minimum absolute atomic E-state index is 0.0600. The van der Waals surface area contributed by atoms with Crippen molar-refractivity contribution in [3.05, 3.63) is 0 Å². The molecule has 1 fully saturated rings. The molecule has 4 heteroatoms. The highest BCUT2D eigenvalue weighted by atomic mass is 16.2. The van der Waals surface area contributed by atoms with Crippen molar-refractivity contribution >= 4 is 17.5 Å². The molecule has 1 heterocycles. The molecule has 0 aromatic heterocycles. The summed E-state index contributed by atoms with van der Waals surface area (Å²) in [5.41, 5.74) is 0. The molecular weight excluding hydrogens is 290 g/mol. The molecule has 0 bridgehead atoms. The van der Waals surface area contributed by atoms with E-state index in [4.69, 9.17) is 0 Å². The zero-order chi connectivity index (χ0) is 17.4. The maximum absolute atomic E-state index is 12.4. The van der Waals surface area contributed by atoms with Crippen LogP contribution < -0.4 is 0 Å². The lowest BCUT2D eigenvalue weighted by Crippen LogP contribution is -2.39. The molecule has 132 valence electrons. The molecule has 1 amide bonds. The number of likely N-dealkylation sites (tertiary alicyclic amines) is 1. The lowest BCUT2D eigenvalue weighted by molar-refractivity contribution is -0.138. The van der Waals surface area contributed by atoms with Gasteiger partial charge in [-0.2, -0.15) is 0 Å². The van der Waals surface area contributed by atoms with E-state index in [0.29, 0.717) is 6.54 Å². The first-order valence-corrected chi connectivity index (χ1v) is 9.26. The van der Waals surface area contributed by atoms with Crippen molar-refractivity contribution < 1.29 is 14.4 Å². The standard InChI is InChI=1S/C19H33NO3/c1-5-6-7-8-9-10-11-12-13-20-17(14(2)3)18(22)16(15(4)21)19(20)23/h14,16-17H,5-13H2,1-4H3/t16?,17-/m0/s1. The monoisotopic (exact) mass is 323 g/mol. The van der Waals surface area contributed by atoms with Crippen molar-refractivity contribution in [2.24, 2.45) is 11.8 Å². The second-order valence-electron chi connectivity index (χ2n) is 7.14. The molecule has 0 radical (unpaired) electrons. The van der Waals surface area contributed by atoms with E-state index in [1.54, 1.807) is 4.90 Å². The molecule has 4 nitrogen and oxygen atoms in total. The molecule has 23 heavy (non-hydrogen) atoms. The van der Waals surface area contributed by atoms with Gasteiger partial charge < -0.3 is 4.90 Å². The number of rotatable bonds is 11. The van der Waals surface area contributed by atoms with Crippen LogP contribution in [0.4, 0.5) is 0 Å². The quantitative estimate of drug-likeness (QED) is 0.429. The first kappa shape index (κ1) is 19.9. The van der Waals surface area contributed by atoms with Crippen LogP contribution >= 0.6 is 0 Å². The van der Waals surface area contributed by atoms with Crippen LogP contribution in [-0.2, 0) is 14.4 Å². The normalized spacial score (nSPS) is 21.5. The highest BCUT2D eigenvalue weighted by Gasteiger charge is 2.49.